The third kappa shape index (κ3) is 5.12. The number of rotatable bonds is 8. The van der Waals surface area contributed by atoms with E-state index in [-0.39, 0.29) is 24.6 Å². The molecule has 1 N–H and O–H groups in total. The van der Waals surface area contributed by atoms with Gasteiger partial charge in [-0.2, -0.15) is 0 Å². The van der Waals surface area contributed by atoms with Gasteiger partial charge in [0.2, 0.25) is 5.91 Å². The third-order valence-electron chi connectivity index (χ3n) is 4.84. The van der Waals surface area contributed by atoms with Crippen molar-refractivity contribution in [3.05, 3.63) is 52.6 Å². The van der Waals surface area contributed by atoms with Crippen LogP contribution in [0.15, 0.2) is 42.5 Å². The van der Waals surface area contributed by atoms with Gasteiger partial charge >= 0.3 is 5.97 Å². The summed E-state index contributed by atoms with van der Waals surface area (Å²) in [5, 5.41) is 13.5. The quantitative estimate of drug-likeness (QED) is 0.372. The van der Waals surface area contributed by atoms with Crippen molar-refractivity contribution >= 4 is 34.8 Å². The largest absolute Gasteiger partial charge is 0.497 e. The molecular weight excluding hydrogens is 422 g/mol. The molecule has 11 nitrogen and oxygen atoms in total. The topological polar surface area (TPSA) is 137 Å². The van der Waals surface area contributed by atoms with Crippen LogP contribution in [0.4, 0.5) is 17.1 Å². The van der Waals surface area contributed by atoms with Gasteiger partial charge in [0.05, 0.1) is 36.4 Å². The fraction of sp³-hybridized carbons (Fsp3) is 0.286. The molecule has 168 valence electrons. The molecule has 1 heterocycles. The van der Waals surface area contributed by atoms with Crippen LogP contribution in [-0.2, 0) is 19.1 Å². The first-order valence-corrected chi connectivity index (χ1v) is 9.55. The fourth-order valence-corrected chi connectivity index (χ4v) is 3.23. The number of nitro benzene ring substituents is 1. The first kappa shape index (κ1) is 22.5. The molecule has 1 aliphatic heterocycles. The minimum absolute atomic E-state index is 0.00670. The molecule has 1 fully saturated rings. The highest BCUT2D eigenvalue weighted by Gasteiger charge is 2.36. The number of carbonyl (C=O) groups excluding carboxylic acids is 3. The van der Waals surface area contributed by atoms with Gasteiger partial charge in [0, 0.05) is 31.2 Å². The number of hydrogen-bond acceptors (Lipinski definition) is 8. The normalized spacial score (nSPS) is 15.2. The summed E-state index contributed by atoms with van der Waals surface area (Å²) in [6, 6.07) is 10.4. The molecule has 11 heteroatoms. The Labute approximate surface area is 183 Å². The van der Waals surface area contributed by atoms with Crippen LogP contribution in [0.25, 0.3) is 0 Å². The average Bonchev–Trinajstić information content (AvgIpc) is 3.19. The highest BCUT2D eigenvalue weighted by molar-refractivity contribution is 6.00. The van der Waals surface area contributed by atoms with Crippen molar-refractivity contribution in [1.29, 1.82) is 0 Å². The molecule has 2 aromatic rings. The molecule has 3 rings (SSSR count). The Morgan fingerprint density at radius 2 is 1.97 bits per heavy atom. The van der Waals surface area contributed by atoms with Gasteiger partial charge in [0.25, 0.3) is 11.6 Å². The Kier molecular flexibility index (Phi) is 6.88. The maximum atomic E-state index is 12.4. The Morgan fingerprint density at radius 3 is 2.66 bits per heavy atom. The zero-order valence-electron chi connectivity index (χ0n) is 17.4. The van der Waals surface area contributed by atoms with Crippen molar-refractivity contribution in [2.75, 3.05) is 37.6 Å². The van der Waals surface area contributed by atoms with Gasteiger partial charge in [-0.05, 0) is 18.2 Å². The lowest BCUT2D eigenvalue weighted by Gasteiger charge is -2.16. The number of nitro groups is 1. The molecule has 0 saturated carbocycles. The number of esters is 1. The second-order valence-electron chi connectivity index (χ2n) is 6.90. The lowest BCUT2D eigenvalue weighted by Crippen LogP contribution is -2.28. The Bertz CT molecular complexity index is 1060. The SMILES string of the molecule is COc1ccc(NC(=O)COC(=O)[C@@H]2CC(=O)N(c3cccc([N+](=O)[O-])c3)C2)c(OC)c1. The number of non-ortho nitro benzene ring substituents is 1. The molecule has 1 atom stereocenters. The van der Waals surface area contributed by atoms with Gasteiger partial charge in [0.15, 0.2) is 6.61 Å². The van der Waals surface area contributed by atoms with E-state index in [9.17, 15) is 24.5 Å². The van der Waals surface area contributed by atoms with E-state index in [0.29, 0.717) is 22.9 Å². The van der Waals surface area contributed by atoms with Crippen LogP contribution in [0.5, 0.6) is 11.5 Å². The smallest absolute Gasteiger partial charge is 0.311 e. The van der Waals surface area contributed by atoms with E-state index < -0.39 is 29.3 Å². The van der Waals surface area contributed by atoms with Gasteiger partial charge in [-0.1, -0.05) is 6.07 Å². The van der Waals surface area contributed by atoms with Gasteiger partial charge in [-0.15, -0.1) is 0 Å². The predicted octanol–water partition coefficient (Wildman–Crippen LogP) is 2.15. The average molecular weight is 443 g/mol. The summed E-state index contributed by atoms with van der Waals surface area (Å²) in [4.78, 5) is 48.6. The van der Waals surface area contributed by atoms with Crippen LogP contribution in [0.2, 0.25) is 0 Å². The minimum atomic E-state index is -0.787. The monoisotopic (exact) mass is 443 g/mol. The van der Waals surface area contributed by atoms with Gasteiger partial charge in [0.1, 0.15) is 11.5 Å². The van der Waals surface area contributed by atoms with E-state index in [1.165, 1.54) is 37.3 Å². The summed E-state index contributed by atoms with van der Waals surface area (Å²) in [5.74, 6) is -1.52. The van der Waals surface area contributed by atoms with Crippen LogP contribution < -0.4 is 19.7 Å². The van der Waals surface area contributed by atoms with Gasteiger partial charge < -0.3 is 24.4 Å². The standard InChI is InChI=1S/C21H21N3O8/c1-30-16-6-7-17(18(10-16)31-2)22-19(25)12-32-21(27)13-8-20(26)23(11-13)14-4-3-5-15(9-14)24(28)29/h3-7,9-10,13H,8,11-12H2,1-2H3,(H,22,25)/t13-/m1/s1. The molecule has 0 spiro atoms. The molecule has 1 saturated heterocycles. The minimum Gasteiger partial charge on any atom is -0.497 e. The number of anilines is 2. The van der Waals surface area contributed by atoms with E-state index in [0.717, 1.165) is 0 Å². The number of ether oxygens (including phenoxy) is 3. The van der Waals surface area contributed by atoms with Crippen molar-refractivity contribution in [2.45, 2.75) is 6.42 Å². The fourth-order valence-electron chi connectivity index (χ4n) is 3.23. The summed E-state index contributed by atoms with van der Waals surface area (Å²) in [6.45, 7) is -0.539. The van der Waals surface area contributed by atoms with E-state index in [2.05, 4.69) is 5.32 Å². The lowest BCUT2D eigenvalue weighted by molar-refractivity contribution is -0.384. The maximum absolute atomic E-state index is 12.4. The summed E-state index contributed by atoms with van der Waals surface area (Å²) >= 11 is 0. The molecule has 2 aromatic carbocycles. The molecule has 0 bridgehead atoms. The highest BCUT2D eigenvalue weighted by Crippen LogP contribution is 2.30. The van der Waals surface area contributed by atoms with Crippen molar-refractivity contribution in [3.63, 3.8) is 0 Å². The van der Waals surface area contributed by atoms with Crippen LogP contribution in [0.1, 0.15) is 6.42 Å². The Morgan fingerprint density at radius 1 is 1.19 bits per heavy atom. The number of amides is 2. The van der Waals surface area contributed by atoms with Crippen LogP contribution >= 0.6 is 0 Å². The van der Waals surface area contributed by atoms with Gasteiger partial charge in [-0.3, -0.25) is 24.5 Å². The van der Waals surface area contributed by atoms with Crippen LogP contribution in [-0.4, -0.2) is 50.1 Å². The summed E-state index contributed by atoms with van der Waals surface area (Å²) in [5.41, 5.74) is 0.540. The number of nitrogens with one attached hydrogen (secondary N) is 1. The molecule has 0 radical (unpaired) electrons. The van der Waals surface area contributed by atoms with Crippen molar-refractivity contribution in [2.24, 2.45) is 5.92 Å². The van der Waals surface area contributed by atoms with Crippen LogP contribution in [0, 0.1) is 16.0 Å². The van der Waals surface area contributed by atoms with E-state index in [1.54, 1.807) is 24.3 Å². The zero-order valence-corrected chi connectivity index (χ0v) is 17.4. The van der Waals surface area contributed by atoms with Gasteiger partial charge in [-0.25, -0.2) is 0 Å². The molecule has 0 unspecified atom stereocenters. The zero-order chi connectivity index (χ0) is 23.3. The first-order valence-electron chi connectivity index (χ1n) is 9.55. The number of carbonyl (C=O) groups is 3. The second-order valence-corrected chi connectivity index (χ2v) is 6.90. The van der Waals surface area contributed by atoms with E-state index in [4.69, 9.17) is 14.2 Å². The van der Waals surface area contributed by atoms with Crippen LogP contribution in [0.3, 0.4) is 0 Å². The second kappa shape index (κ2) is 9.77. The number of benzene rings is 2. The lowest BCUT2D eigenvalue weighted by atomic mass is 10.1. The summed E-state index contributed by atoms with van der Waals surface area (Å²) < 4.78 is 15.4. The van der Waals surface area contributed by atoms with Crippen molar-refractivity contribution in [3.8, 4) is 11.5 Å². The van der Waals surface area contributed by atoms with Crippen molar-refractivity contribution < 1.29 is 33.5 Å². The van der Waals surface area contributed by atoms with Crippen molar-refractivity contribution in [1.82, 2.24) is 0 Å². The number of hydrogen-bond donors (Lipinski definition) is 1. The molecule has 0 aliphatic carbocycles. The molecule has 1 aliphatic rings. The Balaban J connectivity index is 1.56. The van der Waals surface area contributed by atoms with E-state index >= 15 is 0 Å². The number of nitrogens with zero attached hydrogens (tertiary/aromatic N) is 2. The highest BCUT2D eigenvalue weighted by atomic mass is 16.6. The third-order valence-corrected chi connectivity index (χ3v) is 4.84. The summed E-state index contributed by atoms with van der Waals surface area (Å²) in [6.07, 6.45) is -0.116. The molecule has 32 heavy (non-hydrogen) atoms. The first-order chi connectivity index (χ1) is 15.3. The maximum Gasteiger partial charge on any atom is 0.311 e. The predicted molar refractivity (Wildman–Crippen MR) is 113 cm³/mol. The molecule has 2 amide bonds. The number of methoxy groups -OCH3 is 2. The molecule has 0 aromatic heterocycles. The molecular formula is C21H21N3O8. The Hall–Kier alpha value is -4.15. The summed E-state index contributed by atoms with van der Waals surface area (Å²) in [7, 11) is 2.94. The van der Waals surface area contributed by atoms with E-state index in [1.807, 2.05) is 0 Å².